The normalized spacial score (nSPS) is 23.4. The molecule has 1 amide bonds. The first-order valence-electron chi connectivity index (χ1n) is 9.09. The third kappa shape index (κ3) is 3.90. The first kappa shape index (κ1) is 16.3. The predicted octanol–water partition coefficient (Wildman–Crippen LogP) is 2.89. The van der Waals surface area contributed by atoms with Crippen molar-refractivity contribution in [3.05, 3.63) is 35.7 Å². The maximum Gasteiger partial charge on any atom is 0.251 e. The summed E-state index contributed by atoms with van der Waals surface area (Å²) in [4.78, 5) is 16.9. The number of nitrogens with one attached hydrogen (secondary N) is 1. The molecule has 0 bridgehead atoms. The molecule has 2 unspecified atom stereocenters. The molecule has 2 saturated carbocycles. The van der Waals surface area contributed by atoms with Crippen molar-refractivity contribution < 1.29 is 14.4 Å². The summed E-state index contributed by atoms with van der Waals surface area (Å²) in [7, 11) is 0. The lowest BCUT2D eigenvalue weighted by molar-refractivity contribution is 0.0874. The smallest absolute Gasteiger partial charge is 0.251 e. The van der Waals surface area contributed by atoms with Crippen LogP contribution >= 0.6 is 0 Å². The fourth-order valence-electron chi connectivity index (χ4n) is 3.44. The topological polar surface area (TPSA) is 88.2 Å². The van der Waals surface area contributed by atoms with Crippen molar-refractivity contribution in [1.82, 2.24) is 15.5 Å². The molecule has 0 spiro atoms. The lowest BCUT2D eigenvalue weighted by atomic mass is 9.87. The quantitative estimate of drug-likeness (QED) is 0.873. The van der Waals surface area contributed by atoms with E-state index >= 15 is 0 Å². The van der Waals surface area contributed by atoms with Crippen molar-refractivity contribution >= 4 is 5.91 Å². The van der Waals surface area contributed by atoms with Gasteiger partial charge in [-0.1, -0.05) is 23.7 Å². The van der Waals surface area contributed by atoms with E-state index in [1.54, 1.807) is 12.1 Å². The van der Waals surface area contributed by atoms with Gasteiger partial charge in [0.15, 0.2) is 0 Å². The van der Waals surface area contributed by atoms with E-state index in [1.165, 1.54) is 0 Å². The van der Waals surface area contributed by atoms with Crippen LogP contribution in [-0.4, -0.2) is 33.8 Å². The summed E-state index contributed by atoms with van der Waals surface area (Å²) in [5, 5.41) is 16.8. The molecule has 6 nitrogen and oxygen atoms in total. The SMILES string of the molecule is O=C(NCC1CCCC(O)C1)c1cccc(-c2noc(C3CC3)n2)c1. The number of aliphatic hydroxyl groups is 1. The molecule has 2 aliphatic rings. The third-order valence-electron chi connectivity index (χ3n) is 5.06. The molecule has 1 aromatic carbocycles. The summed E-state index contributed by atoms with van der Waals surface area (Å²) in [6.45, 7) is 0.605. The minimum absolute atomic E-state index is 0.104. The Labute approximate surface area is 146 Å². The Morgan fingerprint density at radius 3 is 2.96 bits per heavy atom. The first-order valence-corrected chi connectivity index (χ1v) is 9.09. The molecule has 1 heterocycles. The van der Waals surface area contributed by atoms with Crippen LogP contribution in [0.15, 0.2) is 28.8 Å². The largest absolute Gasteiger partial charge is 0.393 e. The standard InChI is InChI=1S/C19H23N3O3/c23-16-6-1-3-12(9-16)11-20-18(24)15-5-2-4-14(10-15)17-21-19(25-22-17)13-7-8-13/h2,4-5,10,12-13,16,23H,1,3,6-9,11H2,(H,20,24). The van der Waals surface area contributed by atoms with Crippen molar-refractivity contribution in [2.24, 2.45) is 5.92 Å². The molecular formula is C19H23N3O3. The zero-order chi connectivity index (χ0) is 17.2. The molecule has 132 valence electrons. The first-order chi connectivity index (χ1) is 12.2. The second kappa shape index (κ2) is 6.96. The molecule has 0 saturated heterocycles. The number of hydrogen-bond donors (Lipinski definition) is 2. The van der Waals surface area contributed by atoms with E-state index in [9.17, 15) is 9.90 Å². The minimum atomic E-state index is -0.224. The molecule has 4 rings (SSSR count). The second-order valence-corrected chi connectivity index (χ2v) is 7.21. The van der Waals surface area contributed by atoms with E-state index in [-0.39, 0.29) is 12.0 Å². The van der Waals surface area contributed by atoms with E-state index in [4.69, 9.17) is 4.52 Å². The Kier molecular flexibility index (Phi) is 4.53. The monoisotopic (exact) mass is 341 g/mol. The number of aromatic nitrogens is 2. The van der Waals surface area contributed by atoms with Crippen molar-refractivity contribution in [1.29, 1.82) is 0 Å². The summed E-state index contributed by atoms with van der Waals surface area (Å²) in [6.07, 6.45) is 5.73. The van der Waals surface area contributed by atoms with Crippen molar-refractivity contribution in [3.63, 3.8) is 0 Å². The van der Waals surface area contributed by atoms with E-state index < -0.39 is 0 Å². The lowest BCUT2D eigenvalue weighted by Gasteiger charge is -2.25. The summed E-state index contributed by atoms with van der Waals surface area (Å²) < 4.78 is 5.29. The van der Waals surface area contributed by atoms with Gasteiger partial charge in [0.25, 0.3) is 5.91 Å². The van der Waals surface area contributed by atoms with Gasteiger partial charge in [-0.3, -0.25) is 4.79 Å². The van der Waals surface area contributed by atoms with Crippen LogP contribution in [0.2, 0.25) is 0 Å². The fourth-order valence-corrected chi connectivity index (χ4v) is 3.44. The van der Waals surface area contributed by atoms with Crippen LogP contribution in [0.1, 0.15) is 60.7 Å². The molecular weight excluding hydrogens is 318 g/mol. The molecule has 2 N–H and O–H groups in total. The molecule has 2 fully saturated rings. The third-order valence-corrected chi connectivity index (χ3v) is 5.06. The van der Waals surface area contributed by atoms with E-state index in [0.29, 0.717) is 35.7 Å². The fraction of sp³-hybridized carbons (Fsp3) is 0.526. The van der Waals surface area contributed by atoms with Gasteiger partial charge in [0.05, 0.1) is 6.10 Å². The summed E-state index contributed by atoms with van der Waals surface area (Å²) in [6, 6.07) is 7.31. The summed E-state index contributed by atoms with van der Waals surface area (Å²) in [5.41, 5.74) is 1.38. The minimum Gasteiger partial charge on any atom is -0.393 e. The van der Waals surface area contributed by atoms with Crippen molar-refractivity contribution in [3.8, 4) is 11.4 Å². The lowest BCUT2D eigenvalue weighted by Crippen LogP contribution is -2.32. The number of amides is 1. The van der Waals surface area contributed by atoms with E-state index in [1.807, 2.05) is 12.1 Å². The molecule has 0 aliphatic heterocycles. The van der Waals surface area contributed by atoms with E-state index in [0.717, 1.165) is 44.1 Å². The van der Waals surface area contributed by atoms with Crippen LogP contribution in [0.4, 0.5) is 0 Å². The Bertz CT molecular complexity index is 754. The Balaban J connectivity index is 1.40. The maximum absolute atomic E-state index is 12.4. The number of benzene rings is 1. The molecule has 1 aromatic heterocycles. The average molecular weight is 341 g/mol. The average Bonchev–Trinajstić information content (AvgIpc) is 3.37. The molecule has 25 heavy (non-hydrogen) atoms. The van der Waals surface area contributed by atoms with Gasteiger partial charge >= 0.3 is 0 Å². The van der Waals surface area contributed by atoms with Crippen LogP contribution in [0, 0.1) is 5.92 Å². The van der Waals surface area contributed by atoms with Gasteiger partial charge in [0.2, 0.25) is 11.7 Å². The Morgan fingerprint density at radius 1 is 1.28 bits per heavy atom. The highest BCUT2D eigenvalue weighted by atomic mass is 16.5. The highest BCUT2D eigenvalue weighted by molar-refractivity contribution is 5.95. The summed E-state index contributed by atoms with van der Waals surface area (Å²) >= 11 is 0. The number of hydrogen-bond acceptors (Lipinski definition) is 5. The van der Waals surface area contributed by atoms with Crippen molar-refractivity contribution in [2.75, 3.05) is 6.54 Å². The van der Waals surface area contributed by atoms with Gasteiger partial charge in [-0.15, -0.1) is 0 Å². The van der Waals surface area contributed by atoms with Gasteiger partial charge in [-0.2, -0.15) is 4.98 Å². The zero-order valence-electron chi connectivity index (χ0n) is 14.1. The molecule has 2 atom stereocenters. The number of rotatable bonds is 5. The molecule has 0 radical (unpaired) electrons. The van der Waals surface area contributed by atoms with Crippen molar-refractivity contribution in [2.45, 2.75) is 50.5 Å². The van der Waals surface area contributed by atoms with Gasteiger partial charge in [0, 0.05) is 23.6 Å². The molecule has 6 heteroatoms. The van der Waals surface area contributed by atoms with Crippen LogP contribution < -0.4 is 5.32 Å². The second-order valence-electron chi connectivity index (χ2n) is 7.21. The predicted molar refractivity (Wildman–Crippen MR) is 92.0 cm³/mol. The van der Waals surface area contributed by atoms with Crippen LogP contribution in [0.5, 0.6) is 0 Å². The Hall–Kier alpha value is -2.21. The number of aliphatic hydroxyl groups excluding tert-OH is 1. The van der Waals surface area contributed by atoms with Gasteiger partial charge in [-0.05, 0) is 50.2 Å². The molecule has 2 aliphatic carbocycles. The van der Waals surface area contributed by atoms with E-state index in [2.05, 4.69) is 15.5 Å². The number of carbonyl (C=O) groups excluding carboxylic acids is 1. The summed E-state index contributed by atoms with van der Waals surface area (Å²) in [5.74, 6) is 1.90. The van der Waals surface area contributed by atoms with Gasteiger partial charge in [0.1, 0.15) is 0 Å². The zero-order valence-corrected chi connectivity index (χ0v) is 14.1. The maximum atomic E-state index is 12.4. The highest BCUT2D eigenvalue weighted by Crippen LogP contribution is 2.39. The number of carbonyl (C=O) groups is 1. The number of nitrogens with zero attached hydrogens (tertiary/aromatic N) is 2. The Morgan fingerprint density at radius 2 is 2.16 bits per heavy atom. The van der Waals surface area contributed by atoms with Gasteiger partial charge in [-0.25, -0.2) is 0 Å². The van der Waals surface area contributed by atoms with Crippen LogP contribution in [0.25, 0.3) is 11.4 Å². The molecule has 2 aromatic rings. The van der Waals surface area contributed by atoms with Crippen LogP contribution in [0.3, 0.4) is 0 Å². The van der Waals surface area contributed by atoms with Crippen LogP contribution in [-0.2, 0) is 0 Å². The van der Waals surface area contributed by atoms with Gasteiger partial charge < -0.3 is 14.9 Å². The highest BCUT2D eigenvalue weighted by Gasteiger charge is 2.29.